The number of ether oxygens (including phenoxy) is 2. The lowest BCUT2D eigenvalue weighted by molar-refractivity contribution is -0.143. The Kier molecular flexibility index (Phi) is 7.33. The van der Waals surface area contributed by atoms with Gasteiger partial charge < -0.3 is 14.8 Å². The molecule has 1 saturated heterocycles. The summed E-state index contributed by atoms with van der Waals surface area (Å²) in [6.45, 7) is 1.95. The van der Waals surface area contributed by atoms with Gasteiger partial charge in [0.05, 0.1) is 25.3 Å². The van der Waals surface area contributed by atoms with Crippen LogP contribution in [0.1, 0.15) is 62.2 Å². The summed E-state index contributed by atoms with van der Waals surface area (Å²) in [4.78, 5) is 26.0. The largest absolute Gasteiger partial charge is 0.493 e. The van der Waals surface area contributed by atoms with E-state index in [4.69, 9.17) is 9.47 Å². The van der Waals surface area contributed by atoms with E-state index >= 15 is 0 Å². The minimum absolute atomic E-state index is 0.0253. The van der Waals surface area contributed by atoms with E-state index in [0.717, 1.165) is 34.7 Å². The molecule has 2 aliphatic rings. The third-order valence-electron chi connectivity index (χ3n) is 7.62. The molecule has 37 heavy (non-hydrogen) atoms. The van der Waals surface area contributed by atoms with Gasteiger partial charge >= 0.3 is 0 Å². The first kappa shape index (κ1) is 25.1. The van der Waals surface area contributed by atoms with Crippen LogP contribution in [-0.4, -0.2) is 48.6 Å². The zero-order valence-electron chi connectivity index (χ0n) is 21.8. The number of hydrogen-bond donors (Lipinski definition) is 1. The van der Waals surface area contributed by atoms with Crippen molar-refractivity contribution in [3.05, 3.63) is 71.8 Å². The molecule has 1 N–H and O–H groups in total. The maximum Gasteiger partial charge on any atom is 0.241 e. The van der Waals surface area contributed by atoms with E-state index in [1.54, 1.807) is 7.11 Å². The van der Waals surface area contributed by atoms with Crippen molar-refractivity contribution < 1.29 is 19.1 Å². The smallest absolute Gasteiger partial charge is 0.241 e. The predicted molar refractivity (Wildman–Crippen MR) is 143 cm³/mol. The fraction of sp³-hybridized carbons (Fsp3) is 0.400. The summed E-state index contributed by atoms with van der Waals surface area (Å²) in [5, 5.41) is 8.73. The van der Waals surface area contributed by atoms with Crippen molar-refractivity contribution in [1.29, 1.82) is 0 Å². The second-order valence-electron chi connectivity index (χ2n) is 10.0. The van der Waals surface area contributed by atoms with E-state index in [2.05, 4.69) is 23.5 Å². The van der Waals surface area contributed by atoms with Gasteiger partial charge in [-0.25, -0.2) is 5.01 Å². The molecule has 3 aromatic carbocycles. The molecule has 0 bridgehead atoms. The zero-order chi connectivity index (χ0) is 25.9. The number of hydrazine groups is 1. The van der Waals surface area contributed by atoms with Gasteiger partial charge in [0.15, 0.2) is 11.5 Å². The van der Waals surface area contributed by atoms with Gasteiger partial charge in [0.2, 0.25) is 11.8 Å². The first-order valence-corrected chi connectivity index (χ1v) is 13.1. The van der Waals surface area contributed by atoms with E-state index in [9.17, 15) is 9.59 Å². The quantitative estimate of drug-likeness (QED) is 0.461. The molecule has 1 saturated carbocycles. The van der Waals surface area contributed by atoms with E-state index < -0.39 is 0 Å². The van der Waals surface area contributed by atoms with Crippen LogP contribution in [0.3, 0.4) is 0 Å². The summed E-state index contributed by atoms with van der Waals surface area (Å²) < 4.78 is 11.8. The summed E-state index contributed by atoms with van der Waals surface area (Å²) in [6.07, 6.45) is 4.98. The summed E-state index contributed by atoms with van der Waals surface area (Å²) in [5.41, 5.74) is 2.02. The number of amides is 2. The van der Waals surface area contributed by atoms with Crippen molar-refractivity contribution in [3.63, 3.8) is 0 Å². The molecule has 2 atom stereocenters. The highest BCUT2D eigenvalue weighted by atomic mass is 16.5. The molecule has 3 aromatic rings. The Labute approximate surface area is 218 Å². The van der Waals surface area contributed by atoms with Gasteiger partial charge in [0, 0.05) is 13.5 Å². The van der Waals surface area contributed by atoms with Gasteiger partial charge in [0.25, 0.3) is 0 Å². The van der Waals surface area contributed by atoms with E-state index in [1.807, 2.05) is 61.4 Å². The molecule has 7 nitrogen and oxygen atoms in total. The van der Waals surface area contributed by atoms with Crippen molar-refractivity contribution in [1.82, 2.24) is 15.3 Å². The second-order valence-corrected chi connectivity index (χ2v) is 10.0. The van der Waals surface area contributed by atoms with Gasteiger partial charge in [-0.05, 0) is 66.6 Å². The van der Waals surface area contributed by atoms with Gasteiger partial charge in [-0.15, -0.1) is 0 Å². The molecule has 194 valence electrons. The first-order chi connectivity index (χ1) is 17.9. The van der Waals surface area contributed by atoms with E-state index in [0.29, 0.717) is 17.9 Å². The third-order valence-corrected chi connectivity index (χ3v) is 7.62. The molecule has 0 spiro atoms. The van der Waals surface area contributed by atoms with E-state index in [1.165, 1.54) is 17.9 Å². The molecule has 1 aliphatic heterocycles. The van der Waals surface area contributed by atoms with Gasteiger partial charge in [-0.2, -0.15) is 0 Å². The minimum Gasteiger partial charge on any atom is -0.493 e. The average molecular weight is 502 g/mol. The van der Waals surface area contributed by atoms with Crippen LogP contribution in [-0.2, 0) is 9.59 Å². The first-order valence-electron chi connectivity index (χ1n) is 13.1. The van der Waals surface area contributed by atoms with Crippen molar-refractivity contribution >= 4 is 22.6 Å². The lowest BCUT2D eigenvalue weighted by atomic mass is 10.00. The lowest BCUT2D eigenvalue weighted by Gasteiger charge is -2.29. The number of carbonyl (C=O) groups excluding carboxylic acids is 2. The van der Waals surface area contributed by atoms with E-state index in [-0.39, 0.29) is 36.5 Å². The zero-order valence-corrected chi connectivity index (χ0v) is 21.8. The summed E-state index contributed by atoms with van der Waals surface area (Å²) in [6, 6.07) is 19.7. The van der Waals surface area contributed by atoms with Gasteiger partial charge in [-0.3, -0.25) is 14.6 Å². The molecular formula is C30H35N3O4. The summed E-state index contributed by atoms with van der Waals surface area (Å²) >= 11 is 0. The molecule has 7 heteroatoms. The average Bonchev–Trinajstić information content (AvgIpc) is 3.51. The van der Waals surface area contributed by atoms with Crippen LogP contribution in [0.25, 0.3) is 10.8 Å². The number of fused-ring (bicyclic) bond motifs is 1. The standard InChI is InChI=1S/C30H35N3O4/c1-20(24-14-8-10-21-9-4-7-13-25(21)24)31-29(34)19-33-30(35)18-26(32(33)2)22-15-16-27(36-3)28(17-22)37-23-11-5-6-12-23/h4,7-10,13-17,20,23,26H,5-6,11-12,18-19H2,1-3H3,(H,31,34)/t20?,26-/m0/s1. The second kappa shape index (κ2) is 10.8. The van der Waals surface area contributed by atoms with Crippen LogP contribution >= 0.6 is 0 Å². The number of nitrogens with zero attached hydrogens (tertiary/aromatic N) is 2. The Balaban J connectivity index is 1.27. The molecule has 1 aliphatic carbocycles. The highest BCUT2D eigenvalue weighted by Gasteiger charge is 2.37. The van der Waals surface area contributed by atoms with Crippen LogP contribution in [0.4, 0.5) is 0 Å². The molecule has 5 rings (SSSR count). The maximum atomic E-state index is 13.0. The summed E-state index contributed by atoms with van der Waals surface area (Å²) in [5.74, 6) is 1.14. The third kappa shape index (κ3) is 5.27. The highest BCUT2D eigenvalue weighted by Crippen LogP contribution is 2.38. The molecule has 2 fully saturated rings. The fourth-order valence-electron chi connectivity index (χ4n) is 5.59. The number of hydrogen-bond acceptors (Lipinski definition) is 5. The Morgan fingerprint density at radius 3 is 2.59 bits per heavy atom. The number of rotatable bonds is 8. The van der Waals surface area contributed by atoms with Crippen LogP contribution in [0.15, 0.2) is 60.7 Å². The molecule has 0 aromatic heterocycles. The minimum atomic E-state index is -0.193. The molecule has 0 radical (unpaired) electrons. The Morgan fingerprint density at radius 1 is 1.05 bits per heavy atom. The Hall–Kier alpha value is -3.58. The Bertz CT molecular complexity index is 1280. The van der Waals surface area contributed by atoms with Gasteiger partial charge in [0.1, 0.15) is 6.54 Å². The number of methoxy groups -OCH3 is 1. The fourth-order valence-corrected chi connectivity index (χ4v) is 5.59. The number of nitrogens with one attached hydrogen (secondary N) is 1. The van der Waals surface area contributed by atoms with Crippen molar-refractivity contribution in [2.24, 2.45) is 0 Å². The maximum absolute atomic E-state index is 13.0. The Morgan fingerprint density at radius 2 is 1.81 bits per heavy atom. The van der Waals surface area contributed by atoms with Crippen LogP contribution in [0.5, 0.6) is 11.5 Å². The van der Waals surface area contributed by atoms with Crippen molar-refractivity contribution in [2.75, 3.05) is 20.7 Å². The molecule has 1 heterocycles. The normalized spacial score (nSPS) is 19.4. The molecule has 2 amide bonds. The SMILES string of the molecule is COc1ccc([C@@H]2CC(=O)N(CC(=O)NC(C)c3cccc4ccccc34)N2C)cc1OC1CCCC1. The monoisotopic (exact) mass is 501 g/mol. The van der Waals surface area contributed by atoms with Crippen molar-refractivity contribution in [2.45, 2.75) is 57.2 Å². The topological polar surface area (TPSA) is 71.1 Å². The molecular weight excluding hydrogens is 466 g/mol. The molecule has 1 unspecified atom stereocenters. The van der Waals surface area contributed by atoms with Gasteiger partial charge in [-0.1, -0.05) is 48.5 Å². The van der Waals surface area contributed by atoms with Crippen LogP contribution < -0.4 is 14.8 Å². The van der Waals surface area contributed by atoms with Crippen LogP contribution in [0, 0.1) is 0 Å². The van der Waals surface area contributed by atoms with Crippen molar-refractivity contribution in [3.8, 4) is 11.5 Å². The predicted octanol–water partition coefficient (Wildman–Crippen LogP) is 5.17. The summed E-state index contributed by atoms with van der Waals surface area (Å²) in [7, 11) is 3.50. The number of carbonyl (C=O) groups is 2. The highest BCUT2D eigenvalue weighted by molar-refractivity contribution is 5.88. The number of benzene rings is 3. The van der Waals surface area contributed by atoms with Crippen LogP contribution in [0.2, 0.25) is 0 Å². The lowest BCUT2D eigenvalue weighted by Crippen LogP contribution is -2.44.